The number of carbonyl (C=O) groups is 3. The summed E-state index contributed by atoms with van der Waals surface area (Å²) in [7, 11) is 0. The van der Waals surface area contributed by atoms with Crippen molar-refractivity contribution in [1.29, 1.82) is 0 Å². The van der Waals surface area contributed by atoms with Crippen LogP contribution >= 0.6 is 11.3 Å². The van der Waals surface area contributed by atoms with Crippen LogP contribution in [0.2, 0.25) is 0 Å². The zero-order valence-electron chi connectivity index (χ0n) is 16.2. The van der Waals surface area contributed by atoms with Gasteiger partial charge in [0.15, 0.2) is 0 Å². The summed E-state index contributed by atoms with van der Waals surface area (Å²) in [5.74, 6) is -2.74. The average Bonchev–Trinajstić information content (AvgIpc) is 3.40. The second kappa shape index (κ2) is 7.35. The Morgan fingerprint density at radius 2 is 1.71 bits per heavy atom. The largest absolute Gasteiger partial charge is 0.481 e. The lowest BCUT2D eigenvalue weighted by Crippen LogP contribution is -2.37. The Morgan fingerprint density at radius 3 is 2.36 bits per heavy atom. The van der Waals surface area contributed by atoms with E-state index in [1.807, 2.05) is 26.0 Å². The number of rotatable bonds is 5. The molecule has 0 saturated heterocycles. The van der Waals surface area contributed by atoms with Crippen LogP contribution in [0.4, 0.5) is 5.00 Å². The highest BCUT2D eigenvalue weighted by Gasteiger charge is 2.51. The molecule has 4 unspecified atom stereocenters. The second-order valence-electron chi connectivity index (χ2n) is 8.27. The summed E-state index contributed by atoms with van der Waals surface area (Å²) in [6, 6.07) is 0.197. The average molecular weight is 403 g/mol. The van der Waals surface area contributed by atoms with E-state index in [9.17, 15) is 19.5 Å². The minimum absolute atomic E-state index is 0.0379. The first kappa shape index (κ1) is 19.2. The summed E-state index contributed by atoms with van der Waals surface area (Å²) in [6.07, 6.45) is 8.85. The van der Waals surface area contributed by atoms with Gasteiger partial charge in [-0.25, -0.2) is 0 Å². The Kier molecular flexibility index (Phi) is 5.04. The molecule has 2 bridgehead atoms. The number of carbonyl (C=O) groups excluding carboxylic acids is 2. The Hall–Kier alpha value is -2.15. The Labute approximate surface area is 168 Å². The summed E-state index contributed by atoms with van der Waals surface area (Å²) in [4.78, 5) is 38.6. The van der Waals surface area contributed by atoms with Crippen LogP contribution in [0.15, 0.2) is 12.2 Å². The fraction of sp³-hybridized carbons (Fsp3) is 0.571. The number of amides is 2. The van der Waals surface area contributed by atoms with Crippen molar-refractivity contribution < 1.29 is 19.5 Å². The van der Waals surface area contributed by atoms with E-state index in [0.29, 0.717) is 17.0 Å². The Morgan fingerprint density at radius 1 is 1.07 bits per heavy atom. The minimum Gasteiger partial charge on any atom is -0.481 e. The Balaban J connectivity index is 1.55. The number of carboxylic acids is 1. The number of anilines is 1. The SMILES string of the molecule is Cc1sc(NC(=O)C2C3C=CC(C3)C2C(=O)O)c(C(=O)NC2CCCC2)c1C. The van der Waals surface area contributed by atoms with Gasteiger partial charge in [0.1, 0.15) is 5.00 Å². The van der Waals surface area contributed by atoms with Crippen molar-refractivity contribution in [1.82, 2.24) is 5.32 Å². The van der Waals surface area contributed by atoms with Crippen LogP contribution in [0.1, 0.15) is 52.9 Å². The highest BCUT2D eigenvalue weighted by atomic mass is 32.1. The molecule has 0 radical (unpaired) electrons. The molecule has 6 nitrogen and oxygen atoms in total. The third-order valence-electron chi connectivity index (χ3n) is 6.59. The molecule has 3 aliphatic rings. The monoisotopic (exact) mass is 402 g/mol. The van der Waals surface area contributed by atoms with Gasteiger partial charge in [-0.2, -0.15) is 0 Å². The van der Waals surface area contributed by atoms with Crippen molar-refractivity contribution in [2.45, 2.75) is 52.0 Å². The van der Waals surface area contributed by atoms with Crippen molar-refractivity contribution in [3.63, 3.8) is 0 Å². The number of carboxylic acid groups (broad SMARTS) is 1. The maximum atomic E-state index is 13.0. The van der Waals surface area contributed by atoms with E-state index in [-0.39, 0.29) is 29.7 Å². The molecule has 2 saturated carbocycles. The number of nitrogens with one attached hydrogen (secondary N) is 2. The molecule has 1 heterocycles. The van der Waals surface area contributed by atoms with Crippen molar-refractivity contribution in [3.8, 4) is 0 Å². The predicted molar refractivity (Wildman–Crippen MR) is 107 cm³/mol. The number of fused-ring (bicyclic) bond motifs is 2. The highest BCUT2D eigenvalue weighted by molar-refractivity contribution is 7.16. The molecule has 150 valence electrons. The normalized spacial score (nSPS) is 28.6. The first-order valence-corrected chi connectivity index (χ1v) is 10.8. The van der Waals surface area contributed by atoms with Crippen molar-refractivity contribution in [2.24, 2.45) is 23.7 Å². The van der Waals surface area contributed by atoms with Gasteiger partial charge in [-0.1, -0.05) is 25.0 Å². The molecule has 3 N–H and O–H groups in total. The van der Waals surface area contributed by atoms with Gasteiger partial charge in [0.05, 0.1) is 17.4 Å². The van der Waals surface area contributed by atoms with E-state index >= 15 is 0 Å². The van der Waals surface area contributed by atoms with Crippen LogP contribution in [0.3, 0.4) is 0 Å². The fourth-order valence-electron chi connectivity index (χ4n) is 5.03. The van der Waals surface area contributed by atoms with Crippen LogP contribution in [0.5, 0.6) is 0 Å². The smallest absolute Gasteiger partial charge is 0.307 e. The molecule has 0 spiro atoms. The molecule has 2 fully saturated rings. The molecule has 2 amide bonds. The molecule has 4 rings (SSSR count). The highest BCUT2D eigenvalue weighted by Crippen LogP contribution is 2.48. The van der Waals surface area contributed by atoms with E-state index in [4.69, 9.17) is 0 Å². The lowest BCUT2D eigenvalue weighted by molar-refractivity contribution is -0.146. The predicted octanol–water partition coefficient (Wildman–Crippen LogP) is 3.50. The fourth-order valence-corrected chi connectivity index (χ4v) is 6.09. The lowest BCUT2D eigenvalue weighted by atomic mass is 9.82. The molecule has 0 aliphatic heterocycles. The Bertz CT molecular complexity index is 853. The topological polar surface area (TPSA) is 95.5 Å². The van der Waals surface area contributed by atoms with Gasteiger partial charge in [-0.05, 0) is 50.5 Å². The molecule has 4 atom stereocenters. The van der Waals surface area contributed by atoms with E-state index < -0.39 is 17.8 Å². The van der Waals surface area contributed by atoms with Crippen molar-refractivity contribution in [3.05, 3.63) is 28.2 Å². The number of aryl methyl sites for hydroxylation is 1. The molecule has 28 heavy (non-hydrogen) atoms. The molecule has 7 heteroatoms. The summed E-state index contributed by atoms with van der Waals surface area (Å²) in [5, 5.41) is 16.1. The third-order valence-corrected chi connectivity index (χ3v) is 7.71. The minimum atomic E-state index is -0.922. The van der Waals surface area contributed by atoms with E-state index in [1.54, 1.807) is 0 Å². The first-order chi connectivity index (χ1) is 13.4. The van der Waals surface area contributed by atoms with Gasteiger partial charge >= 0.3 is 5.97 Å². The van der Waals surface area contributed by atoms with Crippen molar-refractivity contribution >= 4 is 34.1 Å². The first-order valence-electron chi connectivity index (χ1n) is 9.99. The lowest BCUT2D eigenvalue weighted by Gasteiger charge is -2.23. The number of thiophene rings is 1. The maximum Gasteiger partial charge on any atom is 0.307 e. The number of hydrogen-bond acceptors (Lipinski definition) is 4. The molecule has 0 aromatic carbocycles. The standard InChI is InChI=1S/C21H26N2O4S/c1-10-11(2)28-20(15(10)18(24)22-14-5-3-4-6-14)23-19(25)16-12-7-8-13(9-12)17(16)21(26)27/h7-8,12-14,16-17H,3-6,9H2,1-2H3,(H,22,24)(H,23,25)(H,26,27). The second-order valence-corrected chi connectivity index (χ2v) is 9.49. The van der Waals surface area contributed by atoms with Crippen LogP contribution in [0, 0.1) is 37.5 Å². The molecular formula is C21H26N2O4S. The van der Waals surface area contributed by atoms with Gasteiger partial charge in [-0.3, -0.25) is 14.4 Å². The van der Waals surface area contributed by atoms with Gasteiger partial charge < -0.3 is 15.7 Å². The van der Waals surface area contributed by atoms with Gasteiger partial charge in [-0.15, -0.1) is 11.3 Å². The van der Waals surface area contributed by atoms with Gasteiger partial charge in [0.2, 0.25) is 5.91 Å². The number of aliphatic carboxylic acids is 1. The van der Waals surface area contributed by atoms with E-state index in [1.165, 1.54) is 11.3 Å². The van der Waals surface area contributed by atoms with Crippen LogP contribution in [0.25, 0.3) is 0 Å². The third kappa shape index (κ3) is 3.26. The van der Waals surface area contributed by atoms with E-state index in [0.717, 1.165) is 36.1 Å². The molecule has 3 aliphatic carbocycles. The van der Waals surface area contributed by atoms with Gasteiger partial charge in [0, 0.05) is 10.9 Å². The number of allylic oxidation sites excluding steroid dienone is 2. The molecule has 1 aromatic heterocycles. The number of hydrogen-bond donors (Lipinski definition) is 3. The summed E-state index contributed by atoms with van der Waals surface area (Å²) in [6.45, 7) is 3.83. The van der Waals surface area contributed by atoms with Gasteiger partial charge in [0.25, 0.3) is 5.91 Å². The molecular weight excluding hydrogens is 376 g/mol. The quantitative estimate of drug-likeness (QED) is 0.657. The van der Waals surface area contributed by atoms with Crippen molar-refractivity contribution in [2.75, 3.05) is 5.32 Å². The summed E-state index contributed by atoms with van der Waals surface area (Å²) >= 11 is 1.39. The zero-order chi connectivity index (χ0) is 20.0. The zero-order valence-corrected chi connectivity index (χ0v) is 17.0. The van der Waals surface area contributed by atoms with Crippen LogP contribution in [-0.4, -0.2) is 28.9 Å². The molecule has 1 aromatic rings. The summed E-state index contributed by atoms with van der Waals surface area (Å²) in [5.41, 5.74) is 1.40. The van der Waals surface area contributed by atoms with Crippen LogP contribution in [-0.2, 0) is 9.59 Å². The van der Waals surface area contributed by atoms with Crippen LogP contribution < -0.4 is 10.6 Å². The summed E-state index contributed by atoms with van der Waals surface area (Å²) < 4.78 is 0. The van der Waals surface area contributed by atoms with E-state index in [2.05, 4.69) is 10.6 Å². The maximum absolute atomic E-state index is 13.0.